The molecule has 1 aliphatic carbocycles. The highest BCUT2D eigenvalue weighted by Crippen LogP contribution is 2.34. The van der Waals surface area contributed by atoms with Crippen LogP contribution in [0.4, 0.5) is 5.69 Å². The van der Waals surface area contributed by atoms with Crippen LogP contribution in [0.25, 0.3) is 10.9 Å². The summed E-state index contributed by atoms with van der Waals surface area (Å²) in [5.74, 6) is 1.10. The lowest BCUT2D eigenvalue weighted by Gasteiger charge is -2.31. The summed E-state index contributed by atoms with van der Waals surface area (Å²) in [5, 5.41) is 3.10. The Kier molecular flexibility index (Phi) is 4.79. The molecule has 0 bridgehead atoms. The van der Waals surface area contributed by atoms with Crippen LogP contribution in [0.1, 0.15) is 52.5 Å². The molecule has 6 nitrogen and oxygen atoms in total. The molecule has 2 aromatic rings. The van der Waals surface area contributed by atoms with Crippen molar-refractivity contribution in [2.24, 2.45) is 11.8 Å². The number of hydrogen-bond donors (Lipinski definition) is 2. The smallest absolute Gasteiger partial charge is 0.326 e. The molecule has 1 fully saturated rings. The Morgan fingerprint density at radius 2 is 1.88 bits per heavy atom. The molecule has 0 saturated heterocycles. The van der Waals surface area contributed by atoms with E-state index in [2.05, 4.69) is 24.1 Å². The van der Waals surface area contributed by atoms with Crippen molar-refractivity contribution >= 4 is 22.5 Å². The van der Waals surface area contributed by atoms with Gasteiger partial charge in [0.2, 0.25) is 5.91 Å². The molecule has 2 N–H and O–H groups in total. The van der Waals surface area contributed by atoms with E-state index in [9.17, 15) is 14.4 Å². The molecule has 0 spiro atoms. The monoisotopic (exact) mass is 343 g/mol. The Labute approximate surface area is 146 Å². The molecule has 1 aromatic heterocycles. The van der Waals surface area contributed by atoms with E-state index < -0.39 is 0 Å². The second-order valence-corrected chi connectivity index (χ2v) is 7.36. The van der Waals surface area contributed by atoms with E-state index in [1.165, 1.54) is 11.5 Å². The molecule has 1 aromatic carbocycles. The quantitative estimate of drug-likeness (QED) is 0.898. The van der Waals surface area contributed by atoms with Gasteiger partial charge in [0.1, 0.15) is 0 Å². The van der Waals surface area contributed by atoms with Crippen LogP contribution in [0.3, 0.4) is 0 Å². The van der Waals surface area contributed by atoms with Crippen LogP contribution >= 0.6 is 0 Å². The summed E-state index contributed by atoms with van der Waals surface area (Å²) in [6.45, 7) is 5.87. The number of carbonyl (C=O) groups is 1. The van der Waals surface area contributed by atoms with E-state index in [1.807, 2.05) is 0 Å². The summed E-state index contributed by atoms with van der Waals surface area (Å²) in [6, 6.07) is 4.91. The molecular formula is C19H25N3O3. The lowest BCUT2D eigenvalue weighted by Crippen LogP contribution is -2.39. The SMILES string of the molecule is CC(=O)Nc1ccc2[nH]c(=O)n([C@H]3CC[C@@H](C(C)C)CC3)c(=O)c2c1. The predicted octanol–water partition coefficient (Wildman–Crippen LogP) is 3.04. The van der Waals surface area contributed by atoms with Gasteiger partial charge in [-0.05, 0) is 55.7 Å². The van der Waals surface area contributed by atoms with Crippen LogP contribution in [-0.2, 0) is 4.79 Å². The van der Waals surface area contributed by atoms with Gasteiger partial charge < -0.3 is 10.3 Å². The summed E-state index contributed by atoms with van der Waals surface area (Å²) in [4.78, 5) is 39.4. The van der Waals surface area contributed by atoms with Gasteiger partial charge in [-0.3, -0.25) is 14.2 Å². The van der Waals surface area contributed by atoms with E-state index in [4.69, 9.17) is 0 Å². The average molecular weight is 343 g/mol. The molecule has 1 heterocycles. The predicted molar refractivity (Wildman–Crippen MR) is 99.0 cm³/mol. The number of amides is 1. The second-order valence-electron chi connectivity index (χ2n) is 7.36. The second kappa shape index (κ2) is 6.86. The number of nitrogens with zero attached hydrogens (tertiary/aromatic N) is 1. The Morgan fingerprint density at radius 1 is 1.20 bits per heavy atom. The summed E-state index contributed by atoms with van der Waals surface area (Å²) >= 11 is 0. The van der Waals surface area contributed by atoms with Crippen LogP contribution in [0.2, 0.25) is 0 Å². The number of aromatic amines is 1. The molecule has 25 heavy (non-hydrogen) atoms. The first-order valence-corrected chi connectivity index (χ1v) is 8.93. The van der Waals surface area contributed by atoms with E-state index in [1.54, 1.807) is 18.2 Å². The fraction of sp³-hybridized carbons (Fsp3) is 0.526. The fourth-order valence-corrected chi connectivity index (χ4v) is 3.87. The maximum atomic E-state index is 12.9. The summed E-state index contributed by atoms with van der Waals surface area (Å²) in [6.07, 6.45) is 3.78. The molecule has 0 radical (unpaired) electrons. The zero-order valence-corrected chi connectivity index (χ0v) is 15.0. The highest BCUT2D eigenvalue weighted by Gasteiger charge is 2.26. The van der Waals surface area contributed by atoms with Crippen LogP contribution in [0.5, 0.6) is 0 Å². The first kappa shape index (κ1) is 17.5. The third-order valence-corrected chi connectivity index (χ3v) is 5.30. The van der Waals surface area contributed by atoms with Crippen LogP contribution < -0.4 is 16.6 Å². The molecule has 3 rings (SSSR count). The van der Waals surface area contributed by atoms with Crippen molar-refractivity contribution < 1.29 is 4.79 Å². The summed E-state index contributed by atoms with van der Waals surface area (Å²) in [5.41, 5.74) is 0.423. The molecule has 6 heteroatoms. The van der Waals surface area contributed by atoms with E-state index in [0.717, 1.165) is 25.7 Å². The summed E-state index contributed by atoms with van der Waals surface area (Å²) in [7, 11) is 0. The van der Waals surface area contributed by atoms with Crippen LogP contribution in [-0.4, -0.2) is 15.5 Å². The van der Waals surface area contributed by atoms with Gasteiger partial charge in [-0.2, -0.15) is 0 Å². The van der Waals surface area contributed by atoms with Crippen LogP contribution in [0.15, 0.2) is 27.8 Å². The lowest BCUT2D eigenvalue weighted by atomic mass is 9.79. The third-order valence-electron chi connectivity index (χ3n) is 5.30. The number of aromatic nitrogens is 2. The van der Waals surface area contributed by atoms with Crippen molar-refractivity contribution in [3.8, 4) is 0 Å². The first-order chi connectivity index (χ1) is 11.9. The van der Waals surface area contributed by atoms with E-state index in [-0.39, 0.29) is 23.2 Å². The molecule has 1 aliphatic rings. The number of carbonyl (C=O) groups excluding carboxylic acids is 1. The van der Waals surface area contributed by atoms with Crippen LogP contribution in [0, 0.1) is 11.8 Å². The first-order valence-electron chi connectivity index (χ1n) is 8.93. The summed E-state index contributed by atoms with van der Waals surface area (Å²) < 4.78 is 1.37. The average Bonchev–Trinajstić information content (AvgIpc) is 2.55. The van der Waals surface area contributed by atoms with Gasteiger partial charge in [-0.1, -0.05) is 13.8 Å². The topological polar surface area (TPSA) is 84.0 Å². The van der Waals surface area contributed by atoms with E-state index >= 15 is 0 Å². The third kappa shape index (κ3) is 3.52. The minimum atomic E-state index is -0.349. The van der Waals surface area contributed by atoms with Gasteiger partial charge in [0.15, 0.2) is 0 Å². The van der Waals surface area contributed by atoms with Crippen molar-refractivity contribution in [2.75, 3.05) is 5.32 Å². The largest absolute Gasteiger partial charge is 0.329 e. The fourth-order valence-electron chi connectivity index (χ4n) is 3.87. The van der Waals surface area contributed by atoms with Crippen molar-refractivity contribution in [3.05, 3.63) is 39.0 Å². The Morgan fingerprint density at radius 3 is 2.48 bits per heavy atom. The maximum absolute atomic E-state index is 12.9. The molecular weight excluding hydrogens is 318 g/mol. The Hall–Kier alpha value is -2.37. The van der Waals surface area contributed by atoms with Crippen molar-refractivity contribution in [3.63, 3.8) is 0 Å². The highest BCUT2D eigenvalue weighted by molar-refractivity contribution is 5.91. The molecule has 1 saturated carbocycles. The molecule has 134 valence electrons. The van der Waals surface area contributed by atoms with Gasteiger partial charge in [0.05, 0.1) is 10.9 Å². The number of benzene rings is 1. The van der Waals surface area contributed by atoms with E-state index in [0.29, 0.717) is 28.4 Å². The van der Waals surface area contributed by atoms with Gasteiger partial charge in [-0.25, -0.2) is 4.79 Å². The zero-order chi connectivity index (χ0) is 18.1. The number of anilines is 1. The molecule has 0 unspecified atom stereocenters. The Bertz CT molecular complexity index is 902. The number of rotatable bonds is 3. The molecule has 0 atom stereocenters. The standard InChI is InChI=1S/C19H25N3O3/c1-11(2)13-4-7-15(8-5-13)22-18(24)16-10-14(20-12(3)23)6-9-17(16)21-19(22)25/h6,9-11,13,15H,4-5,7-8H2,1-3H3,(H,20,23)(H,21,25)/t13-,15+. The van der Waals surface area contributed by atoms with Crippen molar-refractivity contribution in [2.45, 2.75) is 52.5 Å². The van der Waals surface area contributed by atoms with Gasteiger partial charge >= 0.3 is 5.69 Å². The number of H-pyrrole nitrogens is 1. The van der Waals surface area contributed by atoms with Gasteiger partial charge in [-0.15, -0.1) is 0 Å². The molecule has 0 aliphatic heterocycles. The van der Waals surface area contributed by atoms with Gasteiger partial charge in [0.25, 0.3) is 5.56 Å². The number of fused-ring (bicyclic) bond motifs is 1. The Balaban J connectivity index is 1.99. The van der Waals surface area contributed by atoms with Gasteiger partial charge in [0, 0.05) is 18.7 Å². The normalized spacial score (nSPS) is 20.8. The highest BCUT2D eigenvalue weighted by atomic mass is 16.2. The molecule has 1 amide bonds. The van der Waals surface area contributed by atoms with Crippen molar-refractivity contribution in [1.82, 2.24) is 9.55 Å². The number of nitrogens with one attached hydrogen (secondary N) is 2. The minimum absolute atomic E-state index is 0.0555. The van der Waals surface area contributed by atoms with Crippen molar-refractivity contribution in [1.29, 1.82) is 0 Å². The number of hydrogen-bond acceptors (Lipinski definition) is 3. The lowest BCUT2D eigenvalue weighted by molar-refractivity contribution is -0.114. The zero-order valence-electron chi connectivity index (χ0n) is 15.0. The maximum Gasteiger partial charge on any atom is 0.329 e. The minimum Gasteiger partial charge on any atom is -0.326 e.